The van der Waals surface area contributed by atoms with Crippen LogP contribution in [-0.2, 0) is 24.2 Å². The zero-order valence-electron chi connectivity index (χ0n) is 12.4. The Kier molecular flexibility index (Phi) is 6.61. The summed E-state index contributed by atoms with van der Waals surface area (Å²) in [6, 6.07) is 20.6. The van der Waals surface area contributed by atoms with E-state index >= 15 is 0 Å². The molecular weight excluding hydrogens is 312 g/mol. The molecule has 0 bridgehead atoms. The summed E-state index contributed by atoms with van der Waals surface area (Å²) in [5.74, 6) is 0.863. The zero-order chi connectivity index (χ0) is 16.5. The summed E-state index contributed by atoms with van der Waals surface area (Å²) in [5.41, 5.74) is 2.47. The first kappa shape index (κ1) is 17.0. The van der Waals surface area contributed by atoms with Gasteiger partial charge in [0.05, 0.1) is 6.54 Å². The summed E-state index contributed by atoms with van der Waals surface area (Å²) >= 11 is -2.36. The zero-order valence-corrected chi connectivity index (χ0v) is 13.2. The lowest BCUT2D eigenvalue weighted by Crippen LogP contribution is -2.01. The molecule has 1 atom stereocenters. The van der Waals surface area contributed by atoms with Crippen molar-refractivity contribution in [2.24, 2.45) is 5.14 Å². The van der Waals surface area contributed by atoms with Gasteiger partial charge in [-0.2, -0.15) is 5.10 Å². The molecule has 1 aromatic heterocycles. The fourth-order valence-electron chi connectivity index (χ4n) is 2.04. The van der Waals surface area contributed by atoms with Crippen molar-refractivity contribution in [3.63, 3.8) is 0 Å². The molecule has 0 spiro atoms. The monoisotopic (exact) mass is 329 g/mol. The molecule has 0 aliphatic rings. The molecule has 0 saturated heterocycles. The number of nitrogens with zero attached hydrogens (tertiary/aromatic N) is 3. The Morgan fingerprint density at radius 2 is 1.52 bits per heavy atom. The maximum absolute atomic E-state index is 8.78. The molecule has 120 valence electrons. The summed E-state index contributed by atoms with van der Waals surface area (Å²) in [6.45, 7) is 0.766. The van der Waals surface area contributed by atoms with Gasteiger partial charge >= 0.3 is 0 Å². The van der Waals surface area contributed by atoms with Crippen LogP contribution in [0.4, 0.5) is 0 Å². The van der Waals surface area contributed by atoms with Crippen LogP contribution in [0.15, 0.2) is 67.0 Å². The Morgan fingerprint density at radius 3 is 2.09 bits per heavy atom. The minimum atomic E-state index is -2.36. The van der Waals surface area contributed by atoms with Crippen molar-refractivity contribution in [1.82, 2.24) is 14.8 Å². The second-order valence-electron chi connectivity index (χ2n) is 4.77. The van der Waals surface area contributed by atoms with E-state index in [-0.39, 0.29) is 0 Å². The van der Waals surface area contributed by atoms with Crippen molar-refractivity contribution >= 4 is 11.3 Å². The average Bonchev–Trinajstić information content (AvgIpc) is 2.96. The predicted octanol–water partition coefficient (Wildman–Crippen LogP) is 1.66. The molecule has 0 saturated carbocycles. The summed E-state index contributed by atoms with van der Waals surface area (Å²) < 4.78 is 19.4. The van der Waals surface area contributed by atoms with Crippen LogP contribution in [0.1, 0.15) is 17.0 Å². The number of rotatable bonds is 4. The van der Waals surface area contributed by atoms with Crippen LogP contribution in [0.25, 0.3) is 0 Å². The molecule has 7 heteroatoms. The van der Waals surface area contributed by atoms with Crippen LogP contribution in [0.3, 0.4) is 0 Å². The fourth-order valence-corrected chi connectivity index (χ4v) is 2.04. The van der Waals surface area contributed by atoms with Crippen LogP contribution in [0.5, 0.6) is 0 Å². The smallest absolute Gasteiger partial charge is 0.154 e. The van der Waals surface area contributed by atoms with Gasteiger partial charge in [0.25, 0.3) is 0 Å². The van der Waals surface area contributed by atoms with Crippen molar-refractivity contribution in [2.75, 3.05) is 0 Å². The first-order valence-corrected chi connectivity index (χ1v) is 8.07. The summed E-state index contributed by atoms with van der Waals surface area (Å²) in [6.07, 6.45) is 2.58. The highest BCUT2D eigenvalue weighted by atomic mass is 32.2. The Balaban J connectivity index is 0.000000433. The molecular formula is C16H17N4O2S-. The van der Waals surface area contributed by atoms with Gasteiger partial charge in [-0.05, 0) is 11.1 Å². The molecule has 3 rings (SSSR count). The van der Waals surface area contributed by atoms with Gasteiger partial charge in [0.15, 0.2) is 5.82 Å². The maximum Gasteiger partial charge on any atom is 0.154 e. The molecule has 1 heterocycles. The third-order valence-corrected chi connectivity index (χ3v) is 2.98. The molecule has 0 fully saturated rings. The first-order valence-electron chi connectivity index (χ1n) is 6.93. The fraction of sp³-hybridized carbons (Fsp3) is 0.125. The highest BCUT2D eigenvalue weighted by molar-refractivity contribution is 7.76. The molecule has 0 aliphatic heterocycles. The first-order chi connectivity index (χ1) is 11.1. The van der Waals surface area contributed by atoms with E-state index in [1.807, 2.05) is 41.1 Å². The van der Waals surface area contributed by atoms with Crippen LogP contribution in [0.2, 0.25) is 0 Å². The van der Waals surface area contributed by atoms with Crippen molar-refractivity contribution in [3.8, 4) is 0 Å². The normalized spacial score (nSPS) is 11.4. The standard InChI is InChI=1S/C16H15N3.H3NO2S/c1-3-7-14(8-4-1)11-16-17-13-19(18-16)12-15-9-5-2-6-10-15;1-4(2)3/h1-10,13H,11-12H2;1H2,(H,2,3)/p-1. The second kappa shape index (κ2) is 8.94. The number of hydrogen-bond acceptors (Lipinski definition) is 4. The lowest BCUT2D eigenvalue weighted by Gasteiger charge is -2.00. The van der Waals surface area contributed by atoms with Gasteiger partial charge in [0.2, 0.25) is 0 Å². The lowest BCUT2D eigenvalue weighted by molar-refractivity contribution is 0.539. The van der Waals surface area contributed by atoms with E-state index in [4.69, 9.17) is 8.76 Å². The van der Waals surface area contributed by atoms with Crippen LogP contribution < -0.4 is 5.14 Å². The average molecular weight is 329 g/mol. The molecule has 6 nitrogen and oxygen atoms in total. The highest BCUT2D eigenvalue weighted by Gasteiger charge is 2.02. The van der Waals surface area contributed by atoms with Crippen LogP contribution in [-0.4, -0.2) is 23.5 Å². The molecule has 3 aromatic rings. The number of hydrogen-bond donors (Lipinski definition) is 1. The molecule has 0 amide bonds. The van der Waals surface area contributed by atoms with Crippen LogP contribution >= 0.6 is 0 Å². The van der Waals surface area contributed by atoms with E-state index in [9.17, 15) is 0 Å². The summed E-state index contributed by atoms with van der Waals surface area (Å²) in [4.78, 5) is 4.36. The van der Waals surface area contributed by atoms with E-state index in [1.54, 1.807) is 6.33 Å². The minimum absolute atomic E-state index is 0.766. The maximum atomic E-state index is 8.78. The summed E-state index contributed by atoms with van der Waals surface area (Å²) in [5, 5.41) is 8.53. The Hall–Kier alpha value is -2.35. The van der Waals surface area contributed by atoms with Gasteiger partial charge in [-0.1, -0.05) is 60.7 Å². The quantitative estimate of drug-likeness (QED) is 0.736. The molecule has 0 aliphatic carbocycles. The highest BCUT2D eigenvalue weighted by Crippen LogP contribution is 2.06. The third kappa shape index (κ3) is 6.52. The lowest BCUT2D eigenvalue weighted by atomic mass is 10.1. The van der Waals surface area contributed by atoms with Crippen molar-refractivity contribution in [2.45, 2.75) is 13.0 Å². The number of aromatic nitrogens is 3. The van der Waals surface area contributed by atoms with Crippen LogP contribution in [0, 0.1) is 0 Å². The largest absolute Gasteiger partial charge is 0.760 e. The van der Waals surface area contributed by atoms with E-state index in [0.29, 0.717) is 0 Å². The van der Waals surface area contributed by atoms with Gasteiger partial charge in [-0.25, -0.2) is 9.67 Å². The number of benzene rings is 2. The van der Waals surface area contributed by atoms with Gasteiger partial charge in [0, 0.05) is 17.7 Å². The minimum Gasteiger partial charge on any atom is -0.760 e. The van der Waals surface area contributed by atoms with Gasteiger partial charge in [-0.15, -0.1) is 0 Å². The molecule has 0 radical (unpaired) electrons. The predicted molar refractivity (Wildman–Crippen MR) is 87.9 cm³/mol. The van der Waals surface area contributed by atoms with Gasteiger partial charge in [-0.3, -0.25) is 9.35 Å². The van der Waals surface area contributed by atoms with E-state index in [2.05, 4.69) is 39.5 Å². The van der Waals surface area contributed by atoms with Gasteiger partial charge in [0.1, 0.15) is 6.33 Å². The Morgan fingerprint density at radius 1 is 1.00 bits per heavy atom. The van der Waals surface area contributed by atoms with Crippen molar-refractivity contribution in [1.29, 1.82) is 0 Å². The molecule has 2 aromatic carbocycles. The SMILES string of the molecule is NS(=O)[O-].c1ccc(Cc2ncn(Cc3ccccc3)n2)cc1. The second-order valence-corrected chi connectivity index (χ2v) is 5.29. The van der Waals surface area contributed by atoms with E-state index in [1.165, 1.54) is 11.1 Å². The topological polar surface area (TPSA) is 96.9 Å². The van der Waals surface area contributed by atoms with Crippen molar-refractivity contribution in [3.05, 3.63) is 83.9 Å². The molecule has 2 N–H and O–H groups in total. The van der Waals surface area contributed by atoms with Crippen molar-refractivity contribution < 1.29 is 8.76 Å². The Labute approximate surface area is 137 Å². The third-order valence-electron chi connectivity index (χ3n) is 2.98. The van der Waals surface area contributed by atoms with E-state index in [0.717, 1.165) is 18.8 Å². The summed E-state index contributed by atoms with van der Waals surface area (Å²) in [7, 11) is 0. The number of nitrogens with two attached hydrogens (primary N) is 1. The Bertz CT molecular complexity index is 672. The molecule has 23 heavy (non-hydrogen) atoms. The molecule has 1 unspecified atom stereocenters. The van der Waals surface area contributed by atoms with Gasteiger partial charge < -0.3 is 4.55 Å². The van der Waals surface area contributed by atoms with E-state index < -0.39 is 11.3 Å².